The summed E-state index contributed by atoms with van der Waals surface area (Å²) in [5.41, 5.74) is 8.06. The summed E-state index contributed by atoms with van der Waals surface area (Å²) in [7, 11) is 0. The van der Waals surface area contributed by atoms with Gasteiger partial charge in [0.25, 0.3) is 0 Å². The molecular formula is C18H14N6O. The van der Waals surface area contributed by atoms with E-state index in [-0.39, 0.29) is 11.8 Å². The molecule has 4 rings (SSSR count). The Morgan fingerprint density at radius 2 is 1.48 bits per heavy atom. The van der Waals surface area contributed by atoms with E-state index in [9.17, 15) is 4.79 Å². The van der Waals surface area contributed by atoms with Gasteiger partial charge in [-0.1, -0.05) is 36.4 Å². The van der Waals surface area contributed by atoms with Gasteiger partial charge in [-0.05, 0) is 24.3 Å². The average molecular weight is 330 g/mol. The zero-order valence-electron chi connectivity index (χ0n) is 13.1. The molecule has 4 aromatic rings. The molecule has 0 saturated carbocycles. The topological polar surface area (TPSA) is 89.9 Å². The van der Waals surface area contributed by atoms with Crippen molar-refractivity contribution in [1.82, 2.24) is 19.5 Å². The molecule has 2 aromatic heterocycles. The Labute approximate surface area is 143 Å². The highest BCUT2D eigenvalue weighted by atomic mass is 16.2. The fourth-order valence-electron chi connectivity index (χ4n) is 2.62. The van der Waals surface area contributed by atoms with Gasteiger partial charge in [0.15, 0.2) is 17.0 Å². The quantitative estimate of drug-likeness (QED) is 0.609. The lowest BCUT2D eigenvalue weighted by atomic mass is 10.2. The van der Waals surface area contributed by atoms with Crippen LogP contribution in [0.15, 0.2) is 73.3 Å². The third-order valence-corrected chi connectivity index (χ3v) is 3.79. The van der Waals surface area contributed by atoms with E-state index < -0.39 is 0 Å². The van der Waals surface area contributed by atoms with Crippen LogP contribution < -0.4 is 10.6 Å². The average Bonchev–Trinajstić information content (AvgIpc) is 3.09. The second kappa shape index (κ2) is 6.04. The van der Waals surface area contributed by atoms with E-state index in [0.29, 0.717) is 11.2 Å². The third kappa shape index (κ3) is 2.57. The van der Waals surface area contributed by atoms with Crippen molar-refractivity contribution in [3.05, 3.63) is 73.3 Å². The number of carbonyl (C=O) groups is 1. The SMILES string of the molecule is Nc1ncnc2c1ncn2C(=O)N(c1ccccc1)c1ccccc1. The maximum Gasteiger partial charge on any atom is 0.340 e. The molecule has 0 radical (unpaired) electrons. The van der Waals surface area contributed by atoms with Gasteiger partial charge in [0.05, 0.1) is 11.4 Å². The van der Waals surface area contributed by atoms with Crippen LogP contribution in [0.25, 0.3) is 11.2 Å². The highest BCUT2D eigenvalue weighted by molar-refractivity contribution is 6.04. The minimum atomic E-state index is -0.307. The van der Waals surface area contributed by atoms with E-state index in [0.717, 1.165) is 11.4 Å². The number of aromatic nitrogens is 4. The number of imidazole rings is 1. The van der Waals surface area contributed by atoms with Crippen LogP contribution in [0.1, 0.15) is 0 Å². The smallest absolute Gasteiger partial charge is 0.340 e. The van der Waals surface area contributed by atoms with Gasteiger partial charge in [-0.3, -0.25) is 4.90 Å². The summed E-state index contributed by atoms with van der Waals surface area (Å²) < 4.78 is 1.37. The monoisotopic (exact) mass is 330 g/mol. The largest absolute Gasteiger partial charge is 0.382 e. The molecule has 7 nitrogen and oxygen atoms in total. The van der Waals surface area contributed by atoms with Gasteiger partial charge in [0.2, 0.25) is 0 Å². The molecule has 7 heteroatoms. The molecule has 0 aliphatic rings. The Morgan fingerprint density at radius 1 is 0.880 bits per heavy atom. The second-order valence-electron chi connectivity index (χ2n) is 5.33. The normalized spacial score (nSPS) is 10.7. The summed E-state index contributed by atoms with van der Waals surface area (Å²) in [4.78, 5) is 27.1. The van der Waals surface area contributed by atoms with Crippen LogP contribution in [-0.4, -0.2) is 25.6 Å². The number of benzene rings is 2. The number of hydrogen-bond donors (Lipinski definition) is 1. The Hall–Kier alpha value is -3.74. The molecule has 0 spiro atoms. The van der Waals surface area contributed by atoms with E-state index in [1.807, 2.05) is 60.7 Å². The van der Waals surface area contributed by atoms with Crippen LogP contribution in [0.2, 0.25) is 0 Å². The molecule has 0 unspecified atom stereocenters. The number of nitrogens with zero attached hydrogens (tertiary/aromatic N) is 5. The fraction of sp³-hybridized carbons (Fsp3) is 0. The van der Waals surface area contributed by atoms with E-state index >= 15 is 0 Å². The van der Waals surface area contributed by atoms with Gasteiger partial charge in [-0.25, -0.2) is 24.3 Å². The summed E-state index contributed by atoms with van der Waals surface area (Å²) >= 11 is 0. The van der Waals surface area contributed by atoms with Gasteiger partial charge in [0, 0.05) is 0 Å². The van der Waals surface area contributed by atoms with Crippen molar-refractivity contribution in [3.8, 4) is 0 Å². The van der Waals surface area contributed by atoms with E-state index in [1.54, 1.807) is 4.90 Å². The molecule has 0 bridgehead atoms. The number of nitrogens with two attached hydrogens (primary N) is 1. The molecule has 1 amide bonds. The van der Waals surface area contributed by atoms with E-state index in [1.165, 1.54) is 17.2 Å². The van der Waals surface area contributed by atoms with Crippen LogP contribution in [0.5, 0.6) is 0 Å². The molecule has 0 fully saturated rings. The maximum absolute atomic E-state index is 13.3. The Bertz CT molecular complexity index is 990. The van der Waals surface area contributed by atoms with Crippen molar-refractivity contribution >= 4 is 34.4 Å². The van der Waals surface area contributed by atoms with Gasteiger partial charge < -0.3 is 5.73 Å². The molecule has 2 heterocycles. The molecule has 122 valence electrons. The lowest BCUT2D eigenvalue weighted by Crippen LogP contribution is -2.30. The molecule has 0 atom stereocenters. The van der Waals surface area contributed by atoms with Crippen molar-refractivity contribution in [3.63, 3.8) is 0 Å². The number of amides is 1. The molecule has 25 heavy (non-hydrogen) atoms. The molecule has 2 aromatic carbocycles. The van der Waals surface area contributed by atoms with Crippen molar-refractivity contribution in [2.24, 2.45) is 0 Å². The van der Waals surface area contributed by atoms with Crippen LogP contribution in [0.3, 0.4) is 0 Å². The predicted octanol–water partition coefficient (Wildman–Crippen LogP) is 3.21. The highest BCUT2D eigenvalue weighted by Crippen LogP contribution is 2.27. The van der Waals surface area contributed by atoms with Crippen LogP contribution in [0.4, 0.5) is 22.0 Å². The summed E-state index contributed by atoms with van der Waals surface area (Å²) in [5, 5.41) is 0. The minimum Gasteiger partial charge on any atom is -0.382 e. The minimum absolute atomic E-state index is 0.238. The number of para-hydroxylation sites is 2. The number of carbonyl (C=O) groups excluding carboxylic acids is 1. The zero-order chi connectivity index (χ0) is 17.2. The second-order valence-corrected chi connectivity index (χ2v) is 5.33. The van der Waals surface area contributed by atoms with Crippen molar-refractivity contribution in [1.29, 1.82) is 0 Å². The lowest BCUT2D eigenvalue weighted by molar-refractivity contribution is 0.250. The Morgan fingerprint density at radius 3 is 2.08 bits per heavy atom. The molecule has 0 aliphatic heterocycles. The van der Waals surface area contributed by atoms with E-state index in [2.05, 4.69) is 15.0 Å². The summed E-state index contributed by atoms with van der Waals surface area (Å²) in [5.74, 6) is 0.238. The standard InChI is InChI=1S/C18H14N6O/c19-16-15-17(21-11-20-16)23(12-22-15)18(25)24(13-7-3-1-4-8-13)14-9-5-2-6-10-14/h1-12H,(H2,19,20,21). The number of fused-ring (bicyclic) bond motifs is 1. The first-order valence-corrected chi connectivity index (χ1v) is 7.64. The van der Waals surface area contributed by atoms with Gasteiger partial charge in [-0.2, -0.15) is 0 Å². The zero-order valence-corrected chi connectivity index (χ0v) is 13.1. The first-order valence-electron chi connectivity index (χ1n) is 7.64. The summed E-state index contributed by atoms with van der Waals surface area (Å²) in [6.07, 6.45) is 2.73. The predicted molar refractivity (Wildman–Crippen MR) is 95.6 cm³/mol. The summed E-state index contributed by atoms with van der Waals surface area (Å²) in [6, 6.07) is 18.5. The van der Waals surface area contributed by atoms with Gasteiger partial charge in [0.1, 0.15) is 12.7 Å². The first-order chi connectivity index (χ1) is 12.3. The van der Waals surface area contributed by atoms with Crippen molar-refractivity contribution in [2.75, 3.05) is 10.6 Å². The molecule has 0 saturated heterocycles. The van der Waals surface area contributed by atoms with Gasteiger partial charge in [-0.15, -0.1) is 0 Å². The van der Waals surface area contributed by atoms with Crippen molar-refractivity contribution < 1.29 is 4.79 Å². The number of nitrogen functional groups attached to an aromatic ring is 1. The number of anilines is 3. The molecule has 2 N–H and O–H groups in total. The third-order valence-electron chi connectivity index (χ3n) is 3.79. The fourth-order valence-corrected chi connectivity index (χ4v) is 2.62. The molecular weight excluding hydrogens is 316 g/mol. The Balaban J connectivity index is 1.87. The van der Waals surface area contributed by atoms with Crippen LogP contribution in [-0.2, 0) is 0 Å². The highest BCUT2D eigenvalue weighted by Gasteiger charge is 2.22. The van der Waals surface area contributed by atoms with Crippen LogP contribution in [0, 0.1) is 0 Å². The number of rotatable bonds is 2. The lowest BCUT2D eigenvalue weighted by Gasteiger charge is -2.23. The van der Waals surface area contributed by atoms with Crippen LogP contribution >= 0.6 is 0 Å². The Kier molecular flexibility index (Phi) is 3.59. The number of hydrogen-bond acceptors (Lipinski definition) is 5. The first kappa shape index (κ1) is 14.8. The van der Waals surface area contributed by atoms with Gasteiger partial charge >= 0.3 is 6.03 Å². The maximum atomic E-state index is 13.3. The van der Waals surface area contributed by atoms with E-state index in [4.69, 9.17) is 5.73 Å². The van der Waals surface area contributed by atoms with Crippen molar-refractivity contribution in [2.45, 2.75) is 0 Å². The summed E-state index contributed by atoms with van der Waals surface area (Å²) in [6.45, 7) is 0. The molecule has 0 aliphatic carbocycles.